The van der Waals surface area contributed by atoms with E-state index in [0.29, 0.717) is 0 Å². The number of hydrogen-bond acceptors (Lipinski definition) is 6. The van der Waals surface area contributed by atoms with Crippen molar-refractivity contribution in [1.29, 1.82) is 0 Å². The molecule has 1 aromatic carbocycles. The van der Waals surface area contributed by atoms with Crippen LogP contribution in [-0.4, -0.2) is 35.0 Å². The number of sulfonamides is 1. The maximum atomic E-state index is 14.4. The fraction of sp³-hybridized carbons (Fsp3) is 0.176. The van der Waals surface area contributed by atoms with Crippen molar-refractivity contribution in [3.05, 3.63) is 53.4 Å². The lowest BCUT2D eigenvalue weighted by Crippen LogP contribution is -2.38. The third kappa shape index (κ3) is 4.63. The number of carbonyl (C=O) groups is 2. The summed E-state index contributed by atoms with van der Waals surface area (Å²) in [6, 6.07) is 2.95. The van der Waals surface area contributed by atoms with Crippen LogP contribution in [0.5, 0.6) is 0 Å². The van der Waals surface area contributed by atoms with E-state index < -0.39 is 38.3 Å². The fourth-order valence-corrected chi connectivity index (χ4v) is 4.54. The minimum atomic E-state index is -4.26. The maximum Gasteiger partial charge on any atom is 0.357 e. The van der Waals surface area contributed by atoms with E-state index in [1.165, 1.54) is 5.51 Å². The molecule has 158 valence electrons. The molecule has 2 heterocycles. The largest absolute Gasteiger partial charge is 0.476 e. The summed E-state index contributed by atoms with van der Waals surface area (Å²) in [7, 11) is -2.44. The number of thiazole rings is 1. The van der Waals surface area contributed by atoms with Gasteiger partial charge in [-0.15, -0.1) is 11.3 Å². The molecule has 0 fully saturated rings. The lowest BCUT2D eigenvalue weighted by atomic mass is 10.3. The van der Waals surface area contributed by atoms with Crippen molar-refractivity contribution in [3.63, 3.8) is 0 Å². The zero-order valence-electron chi connectivity index (χ0n) is 15.8. The van der Waals surface area contributed by atoms with Gasteiger partial charge in [-0.25, -0.2) is 31.7 Å². The molecule has 13 heteroatoms. The molecule has 0 aliphatic carbocycles. The van der Waals surface area contributed by atoms with Crippen LogP contribution in [0.25, 0.3) is 0 Å². The Labute approximate surface area is 174 Å². The highest BCUT2D eigenvalue weighted by molar-refractivity contribution is 7.93. The Morgan fingerprint density at radius 3 is 2.70 bits per heavy atom. The lowest BCUT2D eigenvalue weighted by Gasteiger charge is -2.09. The summed E-state index contributed by atoms with van der Waals surface area (Å²) in [4.78, 5) is 26.3. The molecular formula is C17H17FN5O5S2+. The predicted octanol–water partition coefficient (Wildman–Crippen LogP) is 1.35. The van der Waals surface area contributed by atoms with E-state index in [2.05, 4.69) is 15.0 Å². The summed E-state index contributed by atoms with van der Waals surface area (Å²) < 4.78 is 44.8. The van der Waals surface area contributed by atoms with Crippen LogP contribution in [0.1, 0.15) is 16.2 Å². The van der Waals surface area contributed by atoms with Crippen LogP contribution in [0.2, 0.25) is 0 Å². The molecule has 0 saturated carbocycles. The summed E-state index contributed by atoms with van der Waals surface area (Å²) in [5, 5.41) is 11.2. The van der Waals surface area contributed by atoms with E-state index >= 15 is 0 Å². The van der Waals surface area contributed by atoms with E-state index in [-0.39, 0.29) is 17.2 Å². The van der Waals surface area contributed by atoms with Crippen molar-refractivity contribution in [2.24, 2.45) is 7.05 Å². The molecule has 3 aromatic rings. The summed E-state index contributed by atoms with van der Waals surface area (Å²) in [5.74, 6) is -2.85. The summed E-state index contributed by atoms with van der Waals surface area (Å²) in [5.41, 5.74) is 1.47. The number of carboxylic acid groups (broad SMARTS) is 1. The van der Waals surface area contributed by atoms with Gasteiger partial charge in [-0.1, -0.05) is 0 Å². The van der Waals surface area contributed by atoms with Gasteiger partial charge in [-0.05, 0) is 18.2 Å². The van der Waals surface area contributed by atoms with Gasteiger partial charge in [0.05, 0.1) is 23.1 Å². The molecule has 3 rings (SSSR count). The molecule has 0 unspecified atom stereocenters. The van der Waals surface area contributed by atoms with E-state index in [4.69, 9.17) is 5.11 Å². The minimum Gasteiger partial charge on any atom is -0.476 e. The quantitative estimate of drug-likeness (QED) is 0.462. The van der Waals surface area contributed by atoms with Gasteiger partial charge in [0, 0.05) is 6.92 Å². The van der Waals surface area contributed by atoms with Gasteiger partial charge < -0.3 is 10.4 Å². The number of rotatable bonds is 7. The third-order valence-corrected chi connectivity index (χ3v) is 6.30. The molecule has 0 radical (unpaired) electrons. The molecule has 30 heavy (non-hydrogen) atoms. The van der Waals surface area contributed by atoms with Crippen LogP contribution >= 0.6 is 11.3 Å². The van der Waals surface area contributed by atoms with Gasteiger partial charge in [0.15, 0.2) is 12.2 Å². The summed E-state index contributed by atoms with van der Waals surface area (Å²) in [6.07, 6.45) is 3.46. The topological polar surface area (TPSA) is 134 Å². The van der Waals surface area contributed by atoms with Gasteiger partial charge >= 0.3 is 5.97 Å². The average molecular weight is 454 g/mol. The lowest BCUT2D eigenvalue weighted by molar-refractivity contribution is -0.683. The number of nitrogens with one attached hydrogen (secondary N) is 2. The third-order valence-electron chi connectivity index (χ3n) is 4.08. The number of benzene rings is 1. The van der Waals surface area contributed by atoms with E-state index in [9.17, 15) is 22.4 Å². The summed E-state index contributed by atoms with van der Waals surface area (Å²) in [6.45, 7) is 1.82. The number of aromatic nitrogens is 3. The molecule has 0 aliphatic heterocycles. The second-order valence-electron chi connectivity index (χ2n) is 6.30. The Kier molecular flexibility index (Phi) is 5.85. The van der Waals surface area contributed by atoms with Crippen molar-refractivity contribution in [2.45, 2.75) is 18.4 Å². The standard InChI is InChI=1S/C17H16FN5O5S2/c1-10-6-23(9-22(10)2)7-14(24)20-13-4-3-11(5-12(13)18)30(27,28)21-16-15(17(25)26)19-8-29-16/h3-6,8-9,21H,7H2,1-2H3,(H-,20,24,25,26)/p+1. The normalized spacial score (nSPS) is 11.3. The van der Waals surface area contributed by atoms with Crippen LogP contribution in [0.4, 0.5) is 15.1 Å². The number of anilines is 2. The first-order valence-electron chi connectivity index (χ1n) is 8.38. The highest BCUT2D eigenvalue weighted by Gasteiger charge is 2.22. The number of nitrogens with zero attached hydrogens (tertiary/aromatic N) is 3. The summed E-state index contributed by atoms with van der Waals surface area (Å²) >= 11 is 0.782. The van der Waals surface area contributed by atoms with Crippen molar-refractivity contribution in [3.8, 4) is 0 Å². The van der Waals surface area contributed by atoms with Gasteiger partial charge in [0.1, 0.15) is 22.7 Å². The monoisotopic (exact) mass is 454 g/mol. The van der Waals surface area contributed by atoms with Gasteiger partial charge in [0.25, 0.3) is 15.9 Å². The SMILES string of the molecule is Cc1c[n+](CC(=O)Nc2ccc(S(=O)(=O)Nc3scnc3C(=O)O)cc2F)cn1C. The van der Waals surface area contributed by atoms with Gasteiger partial charge in [-0.2, -0.15) is 0 Å². The number of imidazole rings is 1. The van der Waals surface area contributed by atoms with Gasteiger partial charge in [-0.3, -0.25) is 9.52 Å². The Morgan fingerprint density at radius 2 is 2.10 bits per heavy atom. The second-order valence-corrected chi connectivity index (χ2v) is 8.84. The Morgan fingerprint density at radius 1 is 1.37 bits per heavy atom. The highest BCUT2D eigenvalue weighted by Crippen LogP contribution is 2.25. The maximum absolute atomic E-state index is 14.4. The van der Waals surface area contributed by atoms with Gasteiger partial charge in [0.2, 0.25) is 6.33 Å². The molecule has 2 aromatic heterocycles. The number of aromatic carboxylic acids is 1. The Balaban J connectivity index is 1.74. The minimum absolute atomic E-state index is 0.0495. The van der Waals surface area contributed by atoms with E-state index in [1.807, 2.05) is 18.5 Å². The first-order valence-corrected chi connectivity index (χ1v) is 10.7. The number of carboxylic acids is 1. The molecule has 10 nitrogen and oxygen atoms in total. The molecular weight excluding hydrogens is 437 g/mol. The van der Waals surface area contributed by atoms with Crippen LogP contribution in [0, 0.1) is 12.7 Å². The fourth-order valence-electron chi connectivity index (χ4n) is 2.54. The van der Waals surface area contributed by atoms with Crippen molar-refractivity contribution >= 4 is 43.9 Å². The smallest absolute Gasteiger partial charge is 0.357 e. The Bertz CT molecular complexity index is 1220. The molecule has 3 N–H and O–H groups in total. The molecule has 0 spiro atoms. The van der Waals surface area contributed by atoms with E-state index in [0.717, 1.165) is 35.2 Å². The zero-order chi connectivity index (χ0) is 22.1. The second kappa shape index (κ2) is 8.20. The zero-order valence-corrected chi connectivity index (χ0v) is 17.4. The number of hydrogen-bond donors (Lipinski definition) is 3. The molecule has 0 saturated heterocycles. The molecule has 1 amide bonds. The van der Waals surface area contributed by atoms with E-state index in [1.54, 1.807) is 17.1 Å². The predicted molar refractivity (Wildman–Crippen MR) is 105 cm³/mol. The number of aryl methyl sites for hydroxylation is 2. The Hall–Kier alpha value is -3.32. The highest BCUT2D eigenvalue weighted by atomic mass is 32.2. The van der Waals surface area contributed by atoms with Crippen molar-refractivity contribution in [2.75, 3.05) is 10.0 Å². The van der Waals surface area contributed by atoms with Crippen LogP contribution in [0.15, 0.2) is 41.1 Å². The number of halogens is 1. The van der Waals surface area contributed by atoms with Crippen LogP contribution < -0.4 is 14.6 Å². The first-order chi connectivity index (χ1) is 14.1. The molecule has 0 atom stereocenters. The van der Waals surface area contributed by atoms with Crippen molar-refractivity contribution < 1.29 is 32.1 Å². The van der Waals surface area contributed by atoms with Crippen LogP contribution in [0.3, 0.4) is 0 Å². The number of carbonyl (C=O) groups excluding carboxylic acids is 1. The van der Waals surface area contributed by atoms with Crippen LogP contribution in [-0.2, 0) is 28.4 Å². The molecule has 0 bridgehead atoms. The first kappa shape index (κ1) is 21.4. The average Bonchev–Trinajstić information content (AvgIpc) is 3.22. The molecule has 0 aliphatic rings. The number of amides is 1. The van der Waals surface area contributed by atoms with Crippen molar-refractivity contribution in [1.82, 2.24) is 9.55 Å².